The van der Waals surface area contributed by atoms with Crippen molar-refractivity contribution in [2.24, 2.45) is 0 Å². The Labute approximate surface area is 110 Å². The molecule has 0 aliphatic heterocycles. The number of hydrogen-bond donors (Lipinski definition) is 1. The van der Waals surface area contributed by atoms with Gasteiger partial charge in [0.2, 0.25) is 0 Å². The molecule has 0 aromatic heterocycles. The smallest absolute Gasteiger partial charge is 0.161 e. The van der Waals surface area contributed by atoms with Crippen LogP contribution in [0.5, 0.6) is 11.5 Å². The third kappa shape index (κ3) is 3.91. The maximum Gasteiger partial charge on any atom is 0.161 e. The molecule has 0 aliphatic carbocycles. The molecule has 3 nitrogen and oxygen atoms in total. The first-order chi connectivity index (χ1) is 8.62. The highest BCUT2D eigenvalue weighted by Gasteiger charge is 2.15. The van der Waals surface area contributed by atoms with Gasteiger partial charge in [-0.3, -0.25) is 0 Å². The number of benzene rings is 1. The Morgan fingerprint density at radius 1 is 1.17 bits per heavy atom. The summed E-state index contributed by atoms with van der Waals surface area (Å²) in [5.41, 5.74) is 1.26. The third-order valence-corrected chi connectivity index (χ3v) is 3.18. The first-order valence-corrected chi connectivity index (χ1v) is 6.69. The molecule has 3 heteroatoms. The first kappa shape index (κ1) is 14.8. The molecule has 2 unspecified atom stereocenters. The molecule has 18 heavy (non-hydrogen) atoms. The number of rotatable bonds is 7. The Balaban J connectivity index is 2.77. The summed E-state index contributed by atoms with van der Waals surface area (Å²) in [4.78, 5) is 0. The average Bonchev–Trinajstić information content (AvgIpc) is 2.39. The predicted molar refractivity (Wildman–Crippen MR) is 75.6 cm³/mol. The van der Waals surface area contributed by atoms with Crippen molar-refractivity contribution in [1.29, 1.82) is 0 Å². The van der Waals surface area contributed by atoms with Gasteiger partial charge in [-0.2, -0.15) is 0 Å². The number of hydrogen-bond acceptors (Lipinski definition) is 3. The third-order valence-electron chi connectivity index (χ3n) is 3.18. The van der Waals surface area contributed by atoms with Crippen molar-refractivity contribution in [3.63, 3.8) is 0 Å². The number of likely N-dealkylation sites (N-methyl/N-ethyl adjacent to an activating group) is 1. The first-order valence-electron chi connectivity index (χ1n) is 6.69. The second-order valence-corrected chi connectivity index (χ2v) is 4.51. The normalized spacial score (nSPS) is 14.1. The summed E-state index contributed by atoms with van der Waals surface area (Å²) < 4.78 is 11.3. The van der Waals surface area contributed by atoms with E-state index in [0.717, 1.165) is 24.5 Å². The van der Waals surface area contributed by atoms with E-state index < -0.39 is 0 Å². The van der Waals surface area contributed by atoms with Gasteiger partial charge >= 0.3 is 0 Å². The summed E-state index contributed by atoms with van der Waals surface area (Å²) in [7, 11) is 1.68. The molecule has 0 spiro atoms. The van der Waals surface area contributed by atoms with Crippen molar-refractivity contribution in [2.45, 2.75) is 46.3 Å². The topological polar surface area (TPSA) is 30.5 Å². The van der Waals surface area contributed by atoms with E-state index in [1.54, 1.807) is 7.11 Å². The highest BCUT2D eigenvalue weighted by molar-refractivity contribution is 5.43. The summed E-state index contributed by atoms with van der Waals surface area (Å²) in [6, 6.07) is 6.43. The van der Waals surface area contributed by atoms with Crippen LogP contribution in [0.15, 0.2) is 18.2 Å². The van der Waals surface area contributed by atoms with Crippen LogP contribution in [-0.4, -0.2) is 25.8 Å². The standard InChI is InChI=1S/C15H25NO2/c1-6-13-8-9-14(15(10-13)17-5)18-12(4)11(3)16-7-2/h8-12,16H,6-7H2,1-5H3. The zero-order chi connectivity index (χ0) is 13.5. The van der Waals surface area contributed by atoms with Gasteiger partial charge in [-0.15, -0.1) is 0 Å². The van der Waals surface area contributed by atoms with E-state index in [-0.39, 0.29) is 6.10 Å². The molecule has 1 aromatic rings. The highest BCUT2D eigenvalue weighted by atomic mass is 16.5. The fourth-order valence-corrected chi connectivity index (χ4v) is 1.82. The van der Waals surface area contributed by atoms with Gasteiger partial charge in [0.25, 0.3) is 0 Å². The van der Waals surface area contributed by atoms with Crippen LogP contribution in [0.3, 0.4) is 0 Å². The van der Waals surface area contributed by atoms with E-state index >= 15 is 0 Å². The van der Waals surface area contributed by atoms with Crippen LogP contribution in [0.25, 0.3) is 0 Å². The molecule has 0 radical (unpaired) electrons. The molecule has 0 saturated carbocycles. The van der Waals surface area contributed by atoms with Gasteiger partial charge in [0.15, 0.2) is 11.5 Å². The van der Waals surface area contributed by atoms with E-state index in [9.17, 15) is 0 Å². The van der Waals surface area contributed by atoms with Crippen LogP contribution in [0.4, 0.5) is 0 Å². The second kappa shape index (κ2) is 7.27. The van der Waals surface area contributed by atoms with Crippen molar-refractivity contribution < 1.29 is 9.47 Å². The maximum atomic E-state index is 5.96. The maximum absolute atomic E-state index is 5.96. The molecule has 0 saturated heterocycles. The van der Waals surface area contributed by atoms with Gasteiger partial charge in [0.05, 0.1) is 7.11 Å². The van der Waals surface area contributed by atoms with E-state index in [2.05, 4.69) is 39.1 Å². The molecule has 2 atom stereocenters. The van der Waals surface area contributed by atoms with Gasteiger partial charge in [-0.05, 0) is 44.5 Å². The second-order valence-electron chi connectivity index (χ2n) is 4.51. The van der Waals surface area contributed by atoms with Crippen molar-refractivity contribution >= 4 is 0 Å². The van der Waals surface area contributed by atoms with Crippen LogP contribution in [-0.2, 0) is 6.42 Å². The quantitative estimate of drug-likeness (QED) is 0.808. The highest BCUT2D eigenvalue weighted by Crippen LogP contribution is 2.29. The lowest BCUT2D eigenvalue weighted by Crippen LogP contribution is -2.38. The lowest BCUT2D eigenvalue weighted by molar-refractivity contribution is 0.172. The van der Waals surface area contributed by atoms with Gasteiger partial charge in [-0.1, -0.05) is 19.9 Å². The summed E-state index contributed by atoms with van der Waals surface area (Å²) in [6.07, 6.45) is 1.10. The summed E-state index contributed by atoms with van der Waals surface area (Å²) in [5.74, 6) is 1.62. The van der Waals surface area contributed by atoms with E-state index in [1.165, 1.54) is 5.56 Å². The average molecular weight is 251 g/mol. The Hall–Kier alpha value is -1.22. The minimum Gasteiger partial charge on any atom is -0.493 e. The minimum absolute atomic E-state index is 0.103. The number of ether oxygens (including phenoxy) is 2. The van der Waals surface area contributed by atoms with E-state index in [4.69, 9.17) is 9.47 Å². The lowest BCUT2D eigenvalue weighted by atomic mass is 10.1. The van der Waals surface area contributed by atoms with E-state index in [1.807, 2.05) is 12.1 Å². The van der Waals surface area contributed by atoms with E-state index in [0.29, 0.717) is 6.04 Å². The largest absolute Gasteiger partial charge is 0.493 e. The van der Waals surface area contributed by atoms with Crippen LogP contribution in [0, 0.1) is 0 Å². The SMILES string of the molecule is CCNC(C)C(C)Oc1ccc(CC)cc1OC. The molecular weight excluding hydrogens is 226 g/mol. The molecule has 0 heterocycles. The lowest BCUT2D eigenvalue weighted by Gasteiger charge is -2.23. The van der Waals surface area contributed by atoms with Crippen molar-refractivity contribution in [1.82, 2.24) is 5.32 Å². The molecule has 102 valence electrons. The predicted octanol–water partition coefficient (Wildman–Crippen LogP) is 3.02. The van der Waals surface area contributed by atoms with Gasteiger partial charge in [-0.25, -0.2) is 0 Å². The molecule has 1 N–H and O–H groups in total. The van der Waals surface area contributed by atoms with Gasteiger partial charge in [0, 0.05) is 6.04 Å². The molecule has 0 bridgehead atoms. The van der Waals surface area contributed by atoms with Crippen LogP contribution >= 0.6 is 0 Å². The van der Waals surface area contributed by atoms with Crippen LogP contribution in [0.1, 0.15) is 33.3 Å². The molecule has 0 aliphatic rings. The molecular formula is C15H25NO2. The van der Waals surface area contributed by atoms with Crippen molar-refractivity contribution in [2.75, 3.05) is 13.7 Å². The summed E-state index contributed by atoms with van der Waals surface area (Å²) >= 11 is 0. The Bertz CT molecular complexity index is 366. The molecule has 1 rings (SSSR count). The Morgan fingerprint density at radius 3 is 2.44 bits per heavy atom. The Morgan fingerprint density at radius 2 is 1.89 bits per heavy atom. The fourth-order valence-electron chi connectivity index (χ4n) is 1.82. The zero-order valence-corrected chi connectivity index (χ0v) is 12.1. The van der Waals surface area contributed by atoms with Crippen LogP contribution in [0.2, 0.25) is 0 Å². The minimum atomic E-state index is 0.103. The number of nitrogens with one attached hydrogen (secondary N) is 1. The summed E-state index contributed by atoms with van der Waals surface area (Å²) in [5, 5.41) is 3.36. The fraction of sp³-hybridized carbons (Fsp3) is 0.600. The van der Waals surface area contributed by atoms with Gasteiger partial charge < -0.3 is 14.8 Å². The monoisotopic (exact) mass is 251 g/mol. The Kier molecular flexibility index (Phi) is 5.99. The number of aryl methyl sites for hydroxylation is 1. The van der Waals surface area contributed by atoms with Gasteiger partial charge in [0.1, 0.15) is 6.10 Å². The van der Waals surface area contributed by atoms with Crippen LogP contribution < -0.4 is 14.8 Å². The molecule has 0 fully saturated rings. The van der Waals surface area contributed by atoms with Crippen molar-refractivity contribution in [3.05, 3.63) is 23.8 Å². The zero-order valence-electron chi connectivity index (χ0n) is 12.1. The molecule has 0 amide bonds. The van der Waals surface area contributed by atoms with Crippen molar-refractivity contribution in [3.8, 4) is 11.5 Å². The number of methoxy groups -OCH3 is 1. The summed E-state index contributed by atoms with van der Waals surface area (Å²) in [6.45, 7) is 9.37. The molecule has 1 aromatic carbocycles.